The maximum Gasteiger partial charge on any atom is 0.305 e. The SMILES string of the molecule is CCCCCCCC(=O)OC[C@H]1O[C@@H](n2cnc3c(N)ncnc32)[C@@H](O)[C@@H]1O. The molecule has 2 aromatic heterocycles. The van der Waals surface area contributed by atoms with E-state index in [1.807, 2.05) is 0 Å². The van der Waals surface area contributed by atoms with E-state index >= 15 is 0 Å². The first-order valence-electron chi connectivity index (χ1n) is 9.63. The van der Waals surface area contributed by atoms with Crippen LogP contribution in [-0.4, -0.2) is 60.6 Å². The van der Waals surface area contributed by atoms with Crippen molar-refractivity contribution < 1.29 is 24.5 Å². The number of rotatable bonds is 9. The quantitative estimate of drug-likeness (QED) is 0.418. The Morgan fingerprint density at radius 2 is 2.00 bits per heavy atom. The predicted molar refractivity (Wildman–Crippen MR) is 100.0 cm³/mol. The van der Waals surface area contributed by atoms with E-state index in [0.29, 0.717) is 17.6 Å². The number of esters is 1. The van der Waals surface area contributed by atoms with Gasteiger partial charge in [0.05, 0.1) is 6.33 Å². The number of carbonyl (C=O) groups excluding carboxylic acids is 1. The van der Waals surface area contributed by atoms with Crippen LogP contribution in [-0.2, 0) is 14.3 Å². The van der Waals surface area contributed by atoms with Crippen molar-refractivity contribution in [1.82, 2.24) is 19.5 Å². The first-order chi connectivity index (χ1) is 13.5. The van der Waals surface area contributed by atoms with Crippen molar-refractivity contribution in [3.8, 4) is 0 Å². The molecule has 0 radical (unpaired) electrons. The fourth-order valence-electron chi connectivity index (χ4n) is 3.27. The van der Waals surface area contributed by atoms with E-state index in [1.165, 1.54) is 17.2 Å². The highest BCUT2D eigenvalue weighted by Crippen LogP contribution is 2.32. The van der Waals surface area contributed by atoms with Gasteiger partial charge in [-0.1, -0.05) is 32.6 Å². The lowest BCUT2D eigenvalue weighted by Gasteiger charge is -2.16. The van der Waals surface area contributed by atoms with Crippen molar-refractivity contribution in [3.05, 3.63) is 12.7 Å². The first kappa shape index (κ1) is 20.4. The molecule has 1 aliphatic heterocycles. The number of nitrogens with two attached hydrogens (primary N) is 1. The van der Waals surface area contributed by atoms with Crippen molar-refractivity contribution in [1.29, 1.82) is 0 Å². The molecule has 0 bridgehead atoms. The second-order valence-electron chi connectivity index (χ2n) is 6.98. The van der Waals surface area contributed by atoms with Crippen LogP contribution in [0.15, 0.2) is 12.7 Å². The molecule has 0 aromatic carbocycles. The van der Waals surface area contributed by atoms with E-state index in [4.69, 9.17) is 15.2 Å². The number of nitrogen functional groups attached to an aromatic ring is 1. The van der Waals surface area contributed by atoms with Gasteiger partial charge in [-0.05, 0) is 6.42 Å². The smallest absolute Gasteiger partial charge is 0.305 e. The summed E-state index contributed by atoms with van der Waals surface area (Å²) in [6.45, 7) is 2.00. The van der Waals surface area contributed by atoms with Gasteiger partial charge in [-0.25, -0.2) is 15.0 Å². The third-order valence-electron chi connectivity index (χ3n) is 4.89. The Labute approximate surface area is 162 Å². The van der Waals surface area contributed by atoms with Crippen LogP contribution >= 0.6 is 0 Å². The molecule has 3 rings (SSSR count). The second kappa shape index (κ2) is 9.26. The van der Waals surface area contributed by atoms with Crippen LogP contribution in [0.25, 0.3) is 11.2 Å². The summed E-state index contributed by atoms with van der Waals surface area (Å²) in [6.07, 6.45) is 4.01. The van der Waals surface area contributed by atoms with Crippen molar-refractivity contribution >= 4 is 23.0 Å². The number of imidazole rings is 1. The molecule has 3 heterocycles. The van der Waals surface area contributed by atoms with E-state index in [0.717, 1.165) is 32.1 Å². The van der Waals surface area contributed by atoms with Gasteiger partial charge in [-0.15, -0.1) is 0 Å². The first-order valence-corrected chi connectivity index (χ1v) is 9.63. The average molecular weight is 393 g/mol. The number of hydrogen-bond acceptors (Lipinski definition) is 9. The third-order valence-corrected chi connectivity index (χ3v) is 4.89. The molecule has 10 nitrogen and oxygen atoms in total. The lowest BCUT2D eigenvalue weighted by molar-refractivity contribution is -0.150. The Kier molecular flexibility index (Phi) is 6.76. The molecule has 0 saturated carbocycles. The Balaban J connectivity index is 1.55. The third kappa shape index (κ3) is 4.40. The van der Waals surface area contributed by atoms with Crippen LogP contribution in [0, 0.1) is 0 Å². The molecule has 10 heteroatoms. The minimum absolute atomic E-state index is 0.133. The van der Waals surface area contributed by atoms with Gasteiger partial charge in [0.1, 0.15) is 36.8 Å². The Morgan fingerprint density at radius 3 is 2.79 bits per heavy atom. The summed E-state index contributed by atoms with van der Waals surface area (Å²) in [7, 11) is 0. The average Bonchev–Trinajstić information content (AvgIpc) is 3.23. The highest BCUT2D eigenvalue weighted by atomic mass is 16.6. The standard InChI is InChI=1S/C18H27N5O5/c1-2-3-4-5-6-7-12(24)27-8-11-14(25)15(26)18(28-11)23-10-22-13-16(19)20-9-21-17(13)23/h9-11,14-15,18,25-26H,2-8H2,1H3,(H2,19,20,21)/t11-,14-,15+,18-/m1/s1. The molecule has 4 N–H and O–H groups in total. The molecular formula is C18H27N5O5. The summed E-state index contributed by atoms with van der Waals surface area (Å²) < 4.78 is 12.4. The molecule has 0 unspecified atom stereocenters. The number of nitrogens with zero attached hydrogens (tertiary/aromatic N) is 4. The van der Waals surface area contributed by atoms with E-state index in [9.17, 15) is 15.0 Å². The molecule has 28 heavy (non-hydrogen) atoms. The number of anilines is 1. The maximum atomic E-state index is 11.9. The van der Waals surface area contributed by atoms with E-state index in [1.54, 1.807) is 0 Å². The van der Waals surface area contributed by atoms with Gasteiger partial charge in [0.15, 0.2) is 17.7 Å². The van der Waals surface area contributed by atoms with Crippen LogP contribution in [0.5, 0.6) is 0 Å². The molecule has 1 saturated heterocycles. The zero-order valence-corrected chi connectivity index (χ0v) is 15.9. The lowest BCUT2D eigenvalue weighted by atomic mass is 10.1. The summed E-state index contributed by atoms with van der Waals surface area (Å²) in [5, 5.41) is 20.7. The maximum absolute atomic E-state index is 11.9. The van der Waals surface area contributed by atoms with Crippen LogP contribution in [0.4, 0.5) is 5.82 Å². The summed E-state index contributed by atoms with van der Waals surface area (Å²) in [6, 6.07) is 0. The topological polar surface area (TPSA) is 146 Å². The number of unbranched alkanes of at least 4 members (excludes halogenated alkanes) is 4. The Morgan fingerprint density at radius 1 is 1.21 bits per heavy atom. The van der Waals surface area contributed by atoms with Crippen molar-refractivity contribution in [3.63, 3.8) is 0 Å². The number of carbonyl (C=O) groups is 1. The number of aliphatic hydroxyl groups is 2. The fraction of sp³-hybridized carbons (Fsp3) is 0.667. The van der Waals surface area contributed by atoms with E-state index < -0.39 is 24.5 Å². The molecule has 0 spiro atoms. The molecule has 0 amide bonds. The summed E-state index contributed by atoms with van der Waals surface area (Å²) >= 11 is 0. The van der Waals surface area contributed by atoms with Gasteiger partial charge in [-0.3, -0.25) is 9.36 Å². The molecule has 2 aromatic rings. The number of fused-ring (bicyclic) bond motifs is 1. The van der Waals surface area contributed by atoms with Gasteiger partial charge in [-0.2, -0.15) is 0 Å². The van der Waals surface area contributed by atoms with Gasteiger partial charge in [0.25, 0.3) is 0 Å². The van der Waals surface area contributed by atoms with Crippen LogP contribution < -0.4 is 5.73 Å². The predicted octanol–water partition coefficient (Wildman–Crippen LogP) is 0.931. The van der Waals surface area contributed by atoms with Gasteiger partial charge < -0.3 is 25.4 Å². The number of aromatic nitrogens is 4. The van der Waals surface area contributed by atoms with Crippen molar-refractivity contribution in [2.24, 2.45) is 0 Å². The highest BCUT2D eigenvalue weighted by Gasteiger charge is 2.44. The van der Waals surface area contributed by atoms with Crippen LogP contribution in [0.3, 0.4) is 0 Å². The second-order valence-corrected chi connectivity index (χ2v) is 6.98. The molecule has 1 fully saturated rings. The van der Waals surface area contributed by atoms with Gasteiger partial charge in [0, 0.05) is 6.42 Å². The molecule has 154 valence electrons. The zero-order chi connectivity index (χ0) is 20.1. The molecule has 1 aliphatic rings. The minimum atomic E-state index is -1.23. The highest BCUT2D eigenvalue weighted by molar-refractivity contribution is 5.81. The van der Waals surface area contributed by atoms with Gasteiger partial charge >= 0.3 is 5.97 Å². The molecular weight excluding hydrogens is 366 g/mol. The monoisotopic (exact) mass is 393 g/mol. The van der Waals surface area contributed by atoms with Crippen LogP contribution in [0.2, 0.25) is 0 Å². The lowest BCUT2D eigenvalue weighted by Crippen LogP contribution is -2.34. The zero-order valence-electron chi connectivity index (χ0n) is 15.9. The Hall–Kier alpha value is -2.30. The normalized spacial score (nSPS) is 24.7. The largest absolute Gasteiger partial charge is 0.463 e. The summed E-state index contributed by atoms with van der Waals surface area (Å²) in [5.74, 6) is -0.125. The van der Waals surface area contributed by atoms with Crippen molar-refractivity contribution in [2.75, 3.05) is 12.3 Å². The fourth-order valence-corrected chi connectivity index (χ4v) is 3.27. The van der Waals surface area contributed by atoms with E-state index in [-0.39, 0.29) is 18.4 Å². The number of ether oxygens (including phenoxy) is 2. The van der Waals surface area contributed by atoms with Crippen LogP contribution in [0.1, 0.15) is 51.7 Å². The van der Waals surface area contributed by atoms with Crippen molar-refractivity contribution in [2.45, 2.75) is 70.0 Å². The minimum Gasteiger partial charge on any atom is -0.463 e. The number of hydrogen-bond donors (Lipinski definition) is 3. The molecule has 4 atom stereocenters. The summed E-state index contributed by atoms with van der Waals surface area (Å²) in [4.78, 5) is 24.0. The number of aliphatic hydroxyl groups excluding tert-OH is 2. The summed E-state index contributed by atoms with van der Waals surface area (Å²) in [5.41, 5.74) is 6.53. The Bertz CT molecular complexity index is 798. The molecule has 0 aliphatic carbocycles. The van der Waals surface area contributed by atoms with E-state index in [2.05, 4.69) is 21.9 Å². The van der Waals surface area contributed by atoms with Gasteiger partial charge in [0.2, 0.25) is 0 Å².